The first-order chi connectivity index (χ1) is 6.83. The van der Waals surface area contributed by atoms with E-state index < -0.39 is 0 Å². The molecular formula is C11H10ClNO. The van der Waals surface area contributed by atoms with E-state index in [-0.39, 0.29) is 0 Å². The monoisotopic (exact) mass is 207 g/mol. The summed E-state index contributed by atoms with van der Waals surface area (Å²) in [5, 5.41) is 4.45. The van der Waals surface area contributed by atoms with Crippen molar-refractivity contribution in [3.63, 3.8) is 0 Å². The van der Waals surface area contributed by atoms with Gasteiger partial charge in [-0.3, -0.25) is 0 Å². The van der Waals surface area contributed by atoms with Gasteiger partial charge < -0.3 is 4.84 Å². The molecule has 72 valence electrons. The number of benzene rings is 1. The largest absolute Gasteiger partial charge is 0.395 e. The lowest BCUT2D eigenvalue weighted by Gasteiger charge is -1.94. The van der Waals surface area contributed by atoms with Crippen molar-refractivity contribution in [2.24, 2.45) is 5.16 Å². The summed E-state index contributed by atoms with van der Waals surface area (Å²) in [4.78, 5) is 4.90. The van der Waals surface area contributed by atoms with Gasteiger partial charge in [0.25, 0.3) is 0 Å². The van der Waals surface area contributed by atoms with Gasteiger partial charge in [-0.1, -0.05) is 28.9 Å². The second-order valence-corrected chi connectivity index (χ2v) is 3.01. The molecule has 0 radical (unpaired) electrons. The zero-order valence-corrected chi connectivity index (χ0v) is 8.37. The van der Waals surface area contributed by atoms with Gasteiger partial charge in [-0.05, 0) is 17.7 Å². The molecule has 0 unspecified atom stereocenters. The molecule has 0 spiro atoms. The van der Waals surface area contributed by atoms with Crippen molar-refractivity contribution in [1.82, 2.24) is 0 Å². The standard InChI is InChI=1S/C11H10ClNO/c1-2-3-8-14-13-9-10-4-6-11(12)7-5-10/h1,4-7,9H,3,8H2. The molecule has 0 bridgehead atoms. The first-order valence-corrected chi connectivity index (χ1v) is 4.55. The van der Waals surface area contributed by atoms with E-state index >= 15 is 0 Å². The van der Waals surface area contributed by atoms with E-state index in [2.05, 4.69) is 11.1 Å². The quantitative estimate of drug-likeness (QED) is 0.322. The van der Waals surface area contributed by atoms with Crippen molar-refractivity contribution in [1.29, 1.82) is 0 Å². The molecule has 2 nitrogen and oxygen atoms in total. The minimum atomic E-state index is 0.445. The topological polar surface area (TPSA) is 21.6 Å². The van der Waals surface area contributed by atoms with E-state index in [1.807, 2.05) is 12.1 Å². The van der Waals surface area contributed by atoms with E-state index in [1.54, 1.807) is 18.3 Å². The normalized spacial score (nSPS) is 10.0. The molecule has 0 saturated carbocycles. The number of terminal acetylenes is 1. The van der Waals surface area contributed by atoms with Gasteiger partial charge in [-0.25, -0.2) is 0 Å². The smallest absolute Gasteiger partial charge is 0.128 e. The number of rotatable bonds is 4. The fourth-order valence-electron chi connectivity index (χ4n) is 0.804. The molecule has 0 fully saturated rings. The molecule has 0 N–H and O–H groups in total. The number of hydrogen-bond donors (Lipinski definition) is 0. The van der Waals surface area contributed by atoms with Gasteiger partial charge in [0.2, 0.25) is 0 Å². The van der Waals surface area contributed by atoms with Crippen LogP contribution in [0, 0.1) is 12.3 Å². The van der Waals surface area contributed by atoms with Crippen LogP contribution in [0.15, 0.2) is 29.4 Å². The molecule has 0 aliphatic rings. The van der Waals surface area contributed by atoms with Crippen LogP contribution in [0.5, 0.6) is 0 Å². The van der Waals surface area contributed by atoms with E-state index in [0.29, 0.717) is 18.1 Å². The molecule has 3 heteroatoms. The molecule has 14 heavy (non-hydrogen) atoms. The SMILES string of the molecule is C#CCCON=Cc1ccc(Cl)cc1. The zero-order chi connectivity index (χ0) is 10.2. The summed E-state index contributed by atoms with van der Waals surface area (Å²) in [7, 11) is 0. The maximum atomic E-state index is 5.72. The fraction of sp³-hybridized carbons (Fsp3) is 0.182. The van der Waals surface area contributed by atoms with Crippen molar-refractivity contribution >= 4 is 17.8 Å². The van der Waals surface area contributed by atoms with Crippen LogP contribution < -0.4 is 0 Å². The maximum absolute atomic E-state index is 5.72. The molecule has 0 saturated heterocycles. The molecule has 0 aliphatic heterocycles. The van der Waals surface area contributed by atoms with E-state index in [9.17, 15) is 0 Å². The summed E-state index contributed by atoms with van der Waals surface area (Å²) in [6.45, 7) is 0.445. The predicted octanol–water partition coefficient (Wildman–Crippen LogP) is 2.71. The average molecular weight is 208 g/mol. The number of halogens is 1. The predicted molar refractivity (Wildman–Crippen MR) is 58.4 cm³/mol. The van der Waals surface area contributed by atoms with Crippen molar-refractivity contribution in [2.45, 2.75) is 6.42 Å². The van der Waals surface area contributed by atoms with E-state index in [4.69, 9.17) is 22.9 Å². The Balaban J connectivity index is 2.37. The first kappa shape index (κ1) is 10.6. The highest BCUT2D eigenvalue weighted by molar-refractivity contribution is 6.30. The van der Waals surface area contributed by atoms with Crippen molar-refractivity contribution < 1.29 is 4.84 Å². The summed E-state index contributed by atoms with van der Waals surface area (Å²) in [5.74, 6) is 2.46. The van der Waals surface area contributed by atoms with Crippen LogP contribution in [-0.4, -0.2) is 12.8 Å². The third-order valence-electron chi connectivity index (χ3n) is 1.48. The summed E-state index contributed by atoms with van der Waals surface area (Å²) < 4.78 is 0. The Morgan fingerprint density at radius 1 is 1.43 bits per heavy atom. The molecule has 1 rings (SSSR count). The molecule has 0 aromatic heterocycles. The molecule has 0 aliphatic carbocycles. The Kier molecular flexibility index (Phi) is 4.60. The Bertz CT molecular complexity index is 337. The van der Waals surface area contributed by atoms with E-state index in [0.717, 1.165) is 5.56 Å². The average Bonchev–Trinajstić information content (AvgIpc) is 2.21. The van der Waals surface area contributed by atoms with Crippen LogP contribution in [0.25, 0.3) is 0 Å². The highest BCUT2D eigenvalue weighted by Gasteiger charge is 1.88. The summed E-state index contributed by atoms with van der Waals surface area (Å²) in [6, 6.07) is 7.31. The highest BCUT2D eigenvalue weighted by atomic mass is 35.5. The summed E-state index contributed by atoms with van der Waals surface area (Å²) in [5.41, 5.74) is 0.940. The summed E-state index contributed by atoms with van der Waals surface area (Å²) in [6.07, 6.45) is 7.23. The van der Waals surface area contributed by atoms with Gasteiger partial charge >= 0.3 is 0 Å². The van der Waals surface area contributed by atoms with Gasteiger partial charge in [-0.2, -0.15) is 0 Å². The number of hydrogen-bond acceptors (Lipinski definition) is 2. The maximum Gasteiger partial charge on any atom is 0.128 e. The Labute approximate surface area is 88.5 Å². The highest BCUT2D eigenvalue weighted by Crippen LogP contribution is 2.07. The Morgan fingerprint density at radius 2 is 2.14 bits per heavy atom. The molecule has 0 heterocycles. The van der Waals surface area contributed by atoms with Gasteiger partial charge in [-0.15, -0.1) is 12.3 Å². The van der Waals surface area contributed by atoms with Gasteiger partial charge in [0.15, 0.2) is 0 Å². The Morgan fingerprint density at radius 3 is 2.79 bits per heavy atom. The first-order valence-electron chi connectivity index (χ1n) is 4.17. The fourth-order valence-corrected chi connectivity index (χ4v) is 0.930. The van der Waals surface area contributed by atoms with Gasteiger partial charge in [0, 0.05) is 11.4 Å². The van der Waals surface area contributed by atoms with Crippen molar-refractivity contribution in [2.75, 3.05) is 6.61 Å². The minimum Gasteiger partial charge on any atom is -0.395 e. The lowest BCUT2D eigenvalue weighted by atomic mass is 10.2. The third-order valence-corrected chi connectivity index (χ3v) is 1.74. The number of nitrogens with zero attached hydrogens (tertiary/aromatic N) is 1. The minimum absolute atomic E-state index is 0.445. The third kappa shape index (κ3) is 3.97. The van der Waals surface area contributed by atoms with Crippen LogP contribution in [0.1, 0.15) is 12.0 Å². The lowest BCUT2D eigenvalue weighted by molar-refractivity contribution is 0.152. The molecule has 1 aromatic rings. The van der Waals surface area contributed by atoms with Gasteiger partial charge in [0.1, 0.15) is 6.61 Å². The second-order valence-electron chi connectivity index (χ2n) is 2.57. The van der Waals surface area contributed by atoms with Crippen molar-refractivity contribution in [3.8, 4) is 12.3 Å². The Hall–Kier alpha value is -1.46. The molecule has 0 amide bonds. The van der Waals surface area contributed by atoms with Gasteiger partial charge in [0.05, 0.1) is 6.21 Å². The van der Waals surface area contributed by atoms with Crippen LogP contribution in [0.4, 0.5) is 0 Å². The van der Waals surface area contributed by atoms with Crippen LogP contribution in [-0.2, 0) is 4.84 Å². The number of oxime groups is 1. The molecule has 0 atom stereocenters. The second kappa shape index (κ2) is 6.06. The lowest BCUT2D eigenvalue weighted by Crippen LogP contribution is -1.87. The molecule has 1 aromatic carbocycles. The summed E-state index contributed by atoms with van der Waals surface area (Å²) >= 11 is 5.72. The zero-order valence-electron chi connectivity index (χ0n) is 7.61. The van der Waals surface area contributed by atoms with Crippen LogP contribution >= 0.6 is 11.6 Å². The van der Waals surface area contributed by atoms with Crippen molar-refractivity contribution in [3.05, 3.63) is 34.9 Å². The van der Waals surface area contributed by atoms with Crippen LogP contribution in [0.2, 0.25) is 5.02 Å². The van der Waals surface area contributed by atoms with Crippen LogP contribution in [0.3, 0.4) is 0 Å². The molecular weight excluding hydrogens is 198 g/mol. The van der Waals surface area contributed by atoms with E-state index in [1.165, 1.54) is 0 Å².